The first-order valence-electron chi connectivity index (χ1n) is 5.46. The molecule has 2 heteroatoms. The van der Waals surface area contributed by atoms with E-state index in [0.29, 0.717) is 0 Å². The second-order valence-electron chi connectivity index (χ2n) is 3.62. The van der Waals surface area contributed by atoms with Gasteiger partial charge in [0.25, 0.3) is 0 Å². The normalized spacial score (nSPS) is 10.2. The van der Waals surface area contributed by atoms with Crippen LogP contribution in [-0.4, -0.2) is 18.1 Å². The lowest BCUT2D eigenvalue weighted by atomic mass is 10.3. The highest BCUT2D eigenvalue weighted by Gasteiger charge is 2.04. The van der Waals surface area contributed by atoms with E-state index in [9.17, 15) is 0 Å². The summed E-state index contributed by atoms with van der Waals surface area (Å²) in [6, 6.07) is 6.22. The number of nitrogens with zero attached hydrogens (tertiary/aromatic N) is 2. The number of hydrogen-bond donors (Lipinski definition) is 0. The van der Waals surface area contributed by atoms with Crippen molar-refractivity contribution < 1.29 is 0 Å². The van der Waals surface area contributed by atoms with Gasteiger partial charge in [-0.15, -0.1) is 0 Å². The first kappa shape index (κ1) is 11.0. The summed E-state index contributed by atoms with van der Waals surface area (Å²) in [5.41, 5.74) is 1.10. The molecule has 0 aliphatic carbocycles. The molecule has 0 saturated carbocycles. The number of pyridine rings is 1. The lowest BCUT2D eigenvalue weighted by molar-refractivity contribution is 0.733. The third-order valence-corrected chi connectivity index (χ3v) is 2.18. The van der Waals surface area contributed by atoms with Crippen molar-refractivity contribution in [2.75, 3.05) is 18.0 Å². The van der Waals surface area contributed by atoms with E-state index in [0.717, 1.165) is 24.6 Å². The first-order chi connectivity index (χ1) is 6.77. The van der Waals surface area contributed by atoms with Gasteiger partial charge in [0.1, 0.15) is 5.82 Å². The van der Waals surface area contributed by atoms with Crippen molar-refractivity contribution in [1.82, 2.24) is 4.98 Å². The molecule has 0 aliphatic heterocycles. The van der Waals surface area contributed by atoms with Crippen molar-refractivity contribution >= 4 is 5.82 Å². The number of anilines is 1. The minimum absolute atomic E-state index is 1.10. The maximum absolute atomic E-state index is 4.54. The topological polar surface area (TPSA) is 16.1 Å². The van der Waals surface area contributed by atoms with E-state index in [1.165, 1.54) is 12.8 Å². The number of aryl methyl sites for hydroxylation is 1. The summed E-state index contributed by atoms with van der Waals surface area (Å²) in [5.74, 6) is 1.12. The fourth-order valence-corrected chi connectivity index (χ4v) is 1.59. The first-order valence-corrected chi connectivity index (χ1v) is 5.46. The van der Waals surface area contributed by atoms with E-state index < -0.39 is 0 Å². The minimum atomic E-state index is 1.10. The standard InChI is InChI=1S/C12H20N2/c1-4-9-14(10-5-2)12-8-6-7-11(3)13-12/h6-8H,4-5,9-10H2,1-3H3. The maximum atomic E-state index is 4.54. The third-order valence-electron chi connectivity index (χ3n) is 2.18. The lowest BCUT2D eigenvalue weighted by Crippen LogP contribution is -2.25. The molecule has 0 spiro atoms. The zero-order chi connectivity index (χ0) is 10.4. The molecular weight excluding hydrogens is 172 g/mol. The summed E-state index contributed by atoms with van der Waals surface area (Å²) >= 11 is 0. The van der Waals surface area contributed by atoms with Gasteiger partial charge in [0, 0.05) is 18.8 Å². The molecule has 14 heavy (non-hydrogen) atoms. The van der Waals surface area contributed by atoms with Crippen LogP contribution < -0.4 is 4.90 Å². The van der Waals surface area contributed by atoms with Crippen LogP contribution >= 0.6 is 0 Å². The van der Waals surface area contributed by atoms with Gasteiger partial charge in [-0.1, -0.05) is 19.9 Å². The Kier molecular flexibility index (Phi) is 4.44. The third kappa shape index (κ3) is 3.02. The van der Waals surface area contributed by atoms with Gasteiger partial charge < -0.3 is 4.90 Å². The second kappa shape index (κ2) is 5.63. The van der Waals surface area contributed by atoms with Gasteiger partial charge in [-0.25, -0.2) is 4.98 Å². The Labute approximate surface area is 87.0 Å². The summed E-state index contributed by atoms with van der Waals surface area (Å²) in [6.07, 6.45) is 2.35. The lowest BCUT2D eigenvalue weighted by Gasteiger charge is -2.22. The van der Waals surface area contributed by atoms with E-state index in [2.05, 4.69) is 35.9 Å². The van der Waals surface area contributed by atoms with Gasteiger partial charge in [-0.3, -0.25) is 0 Å². The van der Waals surface area contributed by atoms with Gasteiger partial charge >= 0.3 is 0 Å². The maximum Gasteiger partial charge on any atom is 0.128 e. The average Bonchev–Trinajstić information content (AvgIpc) is 2.17. The van der Waals surface area contributed by atoms with Gasteiger partial charge in [-0.05, 0) is 31.9 Å². The van der Waals surface area contributed by atoms with E-state index in [4.69, 9.17) is 0 Å². The summed E-state index contributed by atoms with van der Waals surface area (Å²) in [6.45, 7) is 8.66. The molecule has 0 saturated heterocycles. The highest BCUT2D eigenvalue weighted by molar-refractivity contribution is 5.38. The average molecular weight is 192 g/mol. The number of hydrogen-bond acceptors (Lipinski definition) is 2. The number of aromatic nitrogens is 1. The molecule has 0 fully saturated rings. The van der Waals surface area contributed by atoms with Crippen LogP contribution in [0.15, 0.2) is 18.2 Å². The van der Waals surface area contributed by atoms with Crippen LogP contribution in [0.2, 0.25) is 0 Å². The molecule has 0 N–H and O–H groups in total. The molecule has 2 nitrogen and oxygen atoms in total. The van der Waals surface area contributed by atoms with Crippen LogP contribution in [-0.2, 0) is 0 Å². The highest BCUT2D eigenvalue weighted by atomic mass is 15.2. The summed E-state index contributed by atoms with van der Waals surface area (Å²) in [4.78, 5) is 6.89. The quantitative estimate of drug-likeness (QED) is 0.713. The van der Waals surface area contributed by atoms with Crippen molar-refractivity contribution in [3.05, 3.63) is 23.9 Å². The van der Waals surface area contributed by atoms with Crippen molar-refractivity contribution in [3.8, 4) is 0 Å². The van der Waals surface area contributed by atoms with E-state index in [1.807, 2.05) is 13.0 Å². The molecule has 1 aromatic heterocycles. The van der Waals surface area contributed by atoms with Crippen LogP contribution in [0.1, 0.15) is 32.4 Å². The van der Waals surface area contributed by atoms with Crippen LogP contribution in [0.5, 0.6) is 0 Å². The fourth-order valence-electron chi connectivity index (χ4n) is 1.59. The van der Waals surface area contributed by atoms with Gasteiger partial charge in [0.2, 0.25) is 0 Å². The van der Waals surface area contributed by atoms with Gasteiger partial charge in [0.05, 0.1) is 0 Å². The van der Waals surface area contributed by atoms with Crippen molar-refractivity contribution in [1.29, 1.82) is 0 Å². The Morgan fingerprint density at radius 3 is 2.29 bits per heavy atom. The van der Waals surface area contributed by atoms with Crippen LogP contribution in [0.25, 0.3) is 0 Å². The zero-order valence-electron chi connectivity index (χ0n) is 9.45. The van der Waals surface area contributed by atoms with Gasteiger partial charge in [0.15, 0.2) is 0 Å². The molecule has 1 heterocycles. The Morgan fingerprint density at radius 2 is 1.79 bits per heavy atom. The molecule has 1 rings (SSSR count). The van der Waals surface area contributed by atoms with Crippen LogP contribution in [0.4, 0.5) is 5.82 Å². The molecule has 0 aromatic carbocycles. The Morgan fingerprint density at radius 1 is 1.14 bits per heavy atom. The van der Waals surface area contributed by atoms with Crippen molar-refractivity contribution in [2.24, 2.45) is 0 Å². The van der Waals surface area contributed by atoms with E-state index in [1.54, 1.807) is 0 Å². The highest BCUT2D eigenvalue weighted by Crippen LogP contribution is 2.11. The molecule has 0 unspecified atom stereocenters. The van der Waals surface area contributed by atoms with E-state index in [-0.39, 0.29) is 0 Å². The molecule has 0 bridgehead atoms. The number of rotatable bonds is 5. The summed E-state index contributed by atoms with van der Waals surface area (Å²) in [7, 11) is 0. The predicted octanol–water partition coefficient (Wildman–Crippen LogP) is 3.02. The SMILES string of the molecule is CCCN(CCC)c1cccc(C)n1. The van der Waals surface area contributed by atoms with Crippen LogP contribution in [0, 0.1) is 6.92 Å². The zero-order valence-corrected chi connectivity index (χ0v) is 9.45. The second-order valence-corrected chi connectivity index (χ2v) is 3.62. The smallest absolute Gasteiger partial charge is 0.128 e. The monoisotopic (exact) mass is 192 g/mol. The molecule has 0 atom stereocenters. The van der Waals surface area contributed by atoms with E-state index >= 15 is 0 Å². The Hall–Kier alpha value is -1.05. The largest absolute Gasteiger partial charge is 0.357 e. The minimum Gasteiger partial charge on any atom is -0.357 e. The van der Waals surface area contributed by atoms with Crippen LogP contribution in [0.3, 0.4) is 0 Å². The molecule has 0 amide bonds. The molecule has 78 valence electrons. The van der Waals surface area contributed by atoms with Gasteiger partial charge in [-0.2, -0.15) is 0 Å². The molecule has 0 aliphatic rings. The van der Waals surface area contributed by atoms with Crippen molar-refractivity contribution in [3.63, 3.8) is 0 Å². The van der Waals surface area contributed by atoms with Crippen molar-refractivity contribution in [2.45, 2.75) is 33.6 Å². The summed E-state index contributed by atoms with van der Waals surface area (Å²) < 4.78 is 0. The predicted molar refractivity (Wildman–Crippen MR) is 61.8 cm³/mol. The Balaban J connectivity index is 2.75. The molecule has 1 aromatic rings. The Bertz CT molecular complexity index is 265. The molecular formula is C12H20N2. The fraction of sp³-hybridized carbons (Fsp3) is 0.583. The molecule has 0 radical (unpaired) electrons. The summed E-state index contributed by atoms with van der Waals surface area (Å²) in [5, 5.41) is 0.